The third-order valence-electron chi connectivity index (χ3n) is 3.03. The highest BCUT2D eigenvalue weighted by Crippen LogP contribution is 2.35. The van der Waals surface area contributed by atoms with Gasteiger partial charge in [0.15, 0.2) is 0 Å². The topological polar surface area (TPSA) is 43.1 Å². The number of benzene rings is 1. The van der Waals surface area contributed by atoms with Gasteiger partial charge in [-0.05, 0) is 29.9 Å². The molecule has 3 nitrogen and oxygen atoms in total. The number of aryl methyl sites for hydroxylation is 1. The third kappa shape index (κ3) is 3.22. The molecule has 1 aromatic carbocycles. The summed E-state index contributed by atoms with van der Waals surface area (Å²) >= 11 is 5.36. The molecule has 0 spiro atoms. The summed E-state index contributed by atoms with van der Waals surface area (Å²) in [6, 6.07) is 9.05. The fourth-order valence-corrected chi connectivity index (χ4v) is 4.00. The second-order valence-corrected chi connectivity index (χ2v) is 6.27. The van der Waals surface area contributed by atoms with E-state index in [1.807, 2.05) is 12.1 Å². The maximum atomic E-state index is 11.0. The van der Waals surface area contributed by atoms with Crippen LogP contribution in [0.5, 0.6) is 0 Å². The molecule has 1 heterocycles. The number of rotatable bonds is 5. The van der Waals surface area contributed by atoms with Crippen molar-refractivity contribution in [1.82, 2.24) is 0 Å². The summed E-state index contributed by atoms with van der Waals surface area (Å²) in [6.07, 6.45) is 1.61. The van der Waals surface area contributed by atoms with Crippen LogP contribution >= 0.6 is 27.3 Å². The molecular weight excluding hydrogens is 326 g/mol. The lowest BCUT2D eigenvalue weighted by Gasteiger charge is -2.10. The van der Waals surface area contributed by atoms with Crippen LogP contribution < -0.4 is 0 Å². The largest absolute Gasteiger partial charge is 0.272 e. The van der Waals surface area contributed by atoms with Crippen LogP contribution in [0.15, 0.2) is 35.7 Å². The van der Waals surface area contributed by atoms with Gasteiger partial charge in [-0.1, -0.05) is 41.1 Å². The first kappa shape index (κ1) is 14.2. The zero-order valence-electron chi connectivity index (χ0n) is 10.5. The van der Waals surface area contributed by atoms with Gasteiger partial charge in [-0.25, -0.2) is 0 Å². The van der Waals surface area contributed by atoms with Crippen LogP contribution in [0.1, 0.15) is 27.8 Å². The Morgan fingerprint density at radius 3 is 2.74 bits per heavy atom. The second kappa shape index (κ2) is 6.30. The van der Waals surface area contributed by atoms with Crippen LogP contribution in [-0.2, 0) is 12.8 Å². The number of nitro groups is 1. The van der Waals surface area contributed by atoms with Gasteiger partial charge < -0.3 is 0 Å². The van der Waals surface area contributed by atoms with Gasteiger partial charge in [-0.3, -0.25) is 10.1 Å². The fraction of sp³-hybridized carbons (Fsp3) is 0.286. The van der Waals surface area contributed by atoms with Crippen molar-refractivity contribution in [2.24, 2.45) is 0 Å². The number of alkyl halides is 1. The quantitative estimate of drug-likeness (QED) is 0.441. The minimum atomic E-state index is -0.315. The standard InChI is InChI=1S/C14H14BrNO2S/c1-2-10-7-8-19-14(10)12(15)9-11-5-3-4-6-13(11)16(17)18/h3-8,12H,2,9H2,1H3. The Bertz CT molecular complexity index is 582. The molecule has 1 aromatic heterocycles. The second-order valence-electron chi connectivity index (χ2n) is 4.22. The first-order chi connectivity index (χ1) is 9.13. The highest BCUT2D eigenvalue weighted by molar-refractivity contribution is 9.09. The number of nitro benzene ring substituents is 1. The van der Waals surface area contributed by atoms with Crippen LogP contribution in [0.4, 0.5) is 5.69 Å². The minimum Gasteiger partial charge on any atom is -0.258 e. The average Bonchev–Trinajstić information content (AvgIpc) is 2.87. The van der Waals surface area contributed by atoms with E-state index in [9.17, 15) is 10.1 Å². The Morgan fingerprint density at radius 1 is 1.32 bits per heavy atom. The van der Waals surface area contributed by atoms with Crippen molar-refractivity contribution in [3.8, 4) is 0 Å². The normalized spacial score (nSPS) is 12.3. The lowest BCUT2D eigenvalue weighted by atomic mass is 10.0. The van der Waals surface area contributed by atoms with Crippen LogP contribution in [0.3, 0.4) is 0 Å². The van der Waals surface area contributed by atoms with Gasteiger partial charge in [0.05, 0.1) is 9.75 Å². The van der Waals surface area contributed by atoms with Gasteiger partial charge >= 0.3 is 0 Å². The lowest BCUT2D eigenvalue weighted by molar-refractivity contribution is -0.385. The minimum absolute atomic E-state index is 0.128. The van der Waals surface area contributed by atoms with Crippen LogP contribution in [-0.4, -0.2) is 4.92 Å². The summed E-state index contributed by atoms with van der Waals surface area (Å²) in [5.74, 6) is 0. The van der Waals surface area contributed by atoms with Crippen molar-refractivity contribution in [2.45, 2.75) is 24.6 Å². The summed E-state index contributed by atoms with van der Waals surface area (Å²) in [5.41, 5.74) is 2.27. The summed E-state index contributed by atoms with van der Waals surface area (Å²) in [7, 11) is 0. The Hall–Kier alpha value is -1.20. The molecule has 0 amide bonds. The van der Waals surface area contributed by atoms with E-state index >= 15 is 0 Å². The Morgan fingerprint density at radius 2 is 2.05 bits per heavy atom. The smallest absolute Gasteiger partial charge is 0.258 e. The number of halogens is 1. The van der Waals surface area contributed by atoms with E-state index in [1.165, 1.54) is 10.4 Å². The molecule has 0 radical (unpaired) electrons. The van der Waals surface area contributed by atoms with Crippen molar-refractivity contribution in [3.05, 3.63) is 61.8 Å². The highest BCUT2D eigenvalue weighted by Gasteiger charge is 2.19. The van der Waals surface area contributed by atoms with Crippen molar-refractivity contribution in [2.75, 3.05) is 0 Å². The number of hydrogen-bond donors (Lipinski definition) is 0. The van der Waals surface area contributed by atoms with Crippen LogP contribution in [0.2, 0.25) is 0 Å². The van der Waals surface area contributed by atoms with E-state index in [4.69, 9.17) is 0 Å². The Balaban J connectivity index is 2.24. The number of hydrogen-bond acceptors (Lipinski definition) is 3. The van der Waals surface area contributed by atoms with Crippen molar-refractivity contribution in [3.63, 3.8) is 0 Å². The molecule has 19 heavy (non-hydrogen) atoms. The molecule has 0 bridgehead atoms. The van der Waals surface area contributed by atoms with Gasteiger partial charge in [0.1, 0.15) is 0 Å². The first-order valence-corrected chi connectivity index (χ1v) is 7.85. The maximum Gasteiger partial charge on any atom is 0.272 e. The summed E-state index contributed by atoms with van der Waals surface area (Å²) in [4.78, 5) is 12.1. The van der Waals surface area contributed by atoms with Crippen molar-refractivity contribution < 1.29 is 4.92 Å². The predicted molar refractivity (Wildman–Crippen MR) is 82.2 cm³/mol. The van der Waals surface area contributed by atoms with Gasteiger partial charge in [0.2, 0.25) is 0 Å². The lowest BCUT2D eigenvalue weighted by Crippen LogP contribution is -2.00. The molecule has 1 unspecified atom stereocenters. The molecule has 1 atom stereocenters. The average molecular weight is 340 g/mol. The SMILES string of the molecule is CCc1ccsc1C(Br)Cc1ccccc1[N+](=O)[O-]. The van der Waals surface area contributed by atoms with E-state index in [0.29, 0.717) is 6.42 Å². The van der Waals surface area contributed by atoms with E-state index in [0.717, 1.165) is 12.0 Å². The number of nitrogens with zero attached hydrogens (tertiary/aromatic N) is 1. The number of para-hydroxylation sites is 1. The third-order valence-corrected chi connectivity index (χ3v) is 5.19. The highest BCUT2D eigenvalue weighted by atomic mass is 79.9. The van der Waals surface area contributed by atoms with Crippen molar-refractivity contribution >= 4 is 33.0 Å². The van der Waals surface area contributed by atoms with Gasteiger partial charge in [0.25, 0.3) is 5.69 Å². The monoisotopic (exact) mass is 339 g/mol. The molecular formula is C14H14BrNO2S. The predicted octanol–water partition coefficient (Wildman–Crippen LogP) is 4.90. The Labute approximate surface area is 124 Å². The molecule has 0 aliphatic heterocycles. The fourth-order valence-electron chi connectivity index (χ4n) is 2.06. The zero-order chi connectivity index (χ0) is 13.8. The molecule has 100 valence electrons. The Kier molecular flexibility index (Phi) is 4.71. The molecule has 0 saturated heterocycles. The van der Waals surface area contributed by atoms with Gasteiger partial charge in [0, 0.05) is 16.5 Å². The van der Waals surface area contributed by atoms with Gasteiger partial charge in [-0.2, -0.15) is 0 Å². The molecule has 0 N–H and O–H groups in total. The van der Waals surface area contributed by atoms with E-state index < -0.39 is 0 Å². The van der Waals surface area contributed by atoms with Crippen LogP contribution in [0, 0.1) is 10.1 Å². The summed E-state index contributed by atoms with van der Waals surface area (Å²) < 4.78 is 0. The molecule has 0 aliphatic carbocycles. The molecule has 0 aliphatic rings. The van der Waals surface area contributed by atoms with Crippen LogP contribution in [0.25, 0.3) is 0 Å². The van der Waals surface area contributed by atoms with E-state index in [1.54, 1.807) is 23.5 Å². The van der Waals surface area contributed by atoms with E-state index in [-0.39, 0.29) is 15.4 Å². The zero-order valence-corrected chi connectivity index (χ0v) is 12.9. The molecule has 5 heteroatoms. The van der Waals surface area contributed by atoms with Gasteiger partial charge in [-0.15, -0.1) is 11.3 Å². The first-order valence-electron chi connectivity index (χ1n) is 6.06. The maximum absolute atomic E-state index is 11.0. The molecule has 0 saturated carbocycles. The molecule has 2 aromatic rings. The molecule has 2 rings (SSSR count). The summed E-state index contributed by atoms with van der Waals surface area (Å²) in [6.45, 7) is 2.12. The number of thiophene rings is 1. The van der Waals surface area contributed by atoms with Crippen molar-refractivity contribution in [1.29, 1.82) is 0 Å². The summed E-state index contributed by atoms with van der Waals surface area (Å²) in [5, 5.41) is 13.1. The molecule has 0 fully saturated rings. The van der Waals surface area contributed by atoms with E-state index in [2.05, 4.69) is 34.3 Å².